The molecule has 2 heterocycles. The van der Waals surface area contributed by atoms with Crippen molar-refractivity contribution in [1.82, 2.24) is 9.80 Å². The van der Waals surface area contributed by atoms with Crippen molar-refractivity contribution in [2.75, 3.05) is 46.0 Å². The second kappa shape index (κ2) is 8.82. The molecule has 1 aromatic carbocycles. The maximum atomic E-state index is 11.9. The van der Waals surface area contributed by atoms with Gasteiger partial charge in [0.25, 0.3) is 0 Å². The summed E-state index contributed by atoms with van der Waals surface area (Å²) < 4.78 is 15.8. The van der Waals surface area contributed by atoms with Crippen molar-refractivity contribution in [3.05, 3.63) is 35.9 Å². The van der Waals surface area contributed by atoms with E-state index < -0.39 is 0 Å². The first kappa shape index (κ1) is 17.7. The predicted molar refractivity (Wildman–Crippen MR) is 90.0 cm³/mol. The number of ether oxygens (including phenoxy) is 3. The fourth-order valence-corrected chi connectivity index (χ4v) is 2.98. The van der Waals surface area contributed by atoms with Gasteiger partial charge in [0.05, 0.1) is 19.6 Å². The Morgan fingerprint density at radius 1 is 1.20 bits per heavy atom. The Hall–Kier alpha value is -2.12. The molecular formula is C18H24N2O5. The Balaban J connectivity index is 1.36. The van der Waals surface area contributed by atoms with Crippen LogP contribution in [0.3, 0.4) is 0 Å². The minimum absolute atomic E-state index is 0.113. The first-order valence-electron chi connectivity index (χ1n) is 8.66. The van der Waals surface area contributed by atoms with Gasteiger partial charge in [-0.15, -0.1) is 0 Å². The predicted octanol–water partition coefficient (Wildman–Crippen LogP) is 1.27. The molecule has 3 rings (SSSR count). The number of hydrogen-bond acceptors (Lipinski definition) is 6. The molecule has 0 saturated carbocycles. The Morgan fingerprint density at radius 2 is 2.04 bits per heavy atom. The number of benzene rings is 1. The molecular weight excluding hydrogens is 324 g/mol. The molecule has 0 spiro atoms. The van der Waals surface area contributed by atoms with Crippen molar-refractivity contribution in [3.8, 4) is 0 Å². The monoisotopic (exact) mass is 348 g/mol. The van der Waals surface area contributed by atoms with Crippen molar-refractivity contribution in [3.63, 3.8) is 0 Å². The minimum atomic E-state index is -0.361. The van der Waals surface area contributed by atoms with Crippen molar-refractivity contribution in [2.45, 2.75) is 19.1 Å². The molecule has 2 fully saturated rings. The number of carbonyl (C=O) groups is 2. The summed E-state index contributed by atoms with van der Waals surface area (Å²) in [7, 11) is 0. The summed E-state index contributed by atoms with van der Waals surface area (Å²) in [5.74, 6) is -0.316. The minimum Gasteiger partial charge on any atom is -0.463 e. The lowest BCUT2D eigenvalue weighted by atomic mass is 10.2. The zero-order valence-corrected chi connectivity index (χ0v) is 14.3. The number of rotatable bonds is 7. The van der Waals surface area contributed by atoms with Crippen LogP contribution in [-0.4, -0.2) is 74.0 Å². The van der Waals surface area contributed by atoms with Gasteiger partial charge in [-0.25, -0.2) is 4.79 Å². The number of amides is 1. The Labute approximate surface area is 147 Å². The molecule has 0 N–H and O–H groups in total. The van der Waals surface area contributed by atoms with E-state index in [2.05, 4.69) is 17.0 Å². The average molecular weight is 348 g/mol. The van der Waals surface area contributed by atoms with E-state index >= 15 is 0 Å². The molecule has 0 aliphatic carbocycles. The van der Waals surface area contributed by atoms with E-state index in [1.165, 1.54) is 10.5 Å². The van der Waals surface area contributed by atoms with Crippen LogP contribution in [0.1, 0.15) is 12.0 Å². The van der Waals surface area contributed by atoms with Crippen LogP contribution in [0.4, 0.5) is 4.79 Å². The molecule has 7 nitrogen and oxygen atoms in total. The fraction of sp³-hybridized carbons (Fsp3) is 0.556. The second-order valence-corrected chi connectivity index (χ2v) is 6.25. The topological polar surface area (TPSA) is 68.3 Å². The van der Waals surface area contributed by atoms with Crippen LogP contribution in [0.2, 0.25) is 0 Å². The van der Waals surface area contributed by atoms with E-state index in [1.807, 2.05) is 18.2 Å². The number of hydrogen-bond donors (Lipinski definition) is 0. The molecule has 1 amide bonds. The standard InChI is InChI=1S/C18H24N2O5/c21-17(6-7-20-9-11-24-18(20)22)25-14-16-13-19(8-10-23-16)12-15-4-2-1-3-5-15/h1-5,16H,6-14H2/t16-/m0/s1. The lowest BCUT2D eigenvalue weighted by Crippen LogP contribution is -2.44. The average Bonchev–Trinajstić information content (AvgIpc) is 3.04. The zero-order chi connectivity index (χ0) is 17.5. The van der Waals surface area contributed by atoms with Crippen LogP contribution >= 0.6 is 0 Å². The Morgan fingerprint density at radius 3 is 2.80 bits per heavy atom. The van der Waals surface area contributed by atoms with E-state index in [1.54, 1.807) is 0 Å². The normalized spacial score (nSPS) is 21.2. The van der Waals surface area contributed by atoms with Crippen LogP contribution in [0, 0.1) is 0 Å². The van der Waals surface area contributed by atoms with Gasteiger partial charge in [-0.1, -0.05) is 30.3 Å². The van der Waals surface area contributed by atoms with Gasteiger partial charge in [-0.2, -0.15) is 0 Å². The largest absolute Gasteiger partial charge is 0.463 e. The maximum absolute atomic E-state index is 11.9. The van der Waals surface area contributed by atoms with Crippen LogP contribution in [0.15, 0.2) is 30.3 Å². The van der Waals surface area contributed by atoms with Crippen molar-refractivity contribution < 1.29 is 23.8 Å². The smallest absolute Gasteiger partial charge is 0.409 e. The molecule has 0 aromatic heterocycles. The van der Waals surface area contributed by atoms with Gasteiger partial charge >= 0.3 is 12.1 Å². The third kappa shape index (κ3) is 5.44. The first-order valence-corrected chi connectivity index (χ1v) is 8.66. The molecule has 2 aliphatic rings. The van der Waals surface area contributed by atoms with Crippen molar-refractivity contribution >= 4 is 12.1 Å². The van der Waals surface area contributed by atoms with Gasteiger partial charge in [0.1, 0.15) is 19.3 Å². The molecule has 7 heteroatoms. The highest BCUT2D eigenvalue weighted by atomic mass is 16.6. The summed E-state index contributed by atoms with van der Waals surface area (Å²) in [6, 6.07) is 10.3. The lowest BCUT2D eigenvalue weighted by Gasteiger charge is -2.32. The Bertz CT molecular complexity index is 580. The van der Waals surface area contributed by atoms with E-state index in [4.69, 9.17) is 14.2 Å². The van der Waals surface area contributed by atoms with Gasteiger partial charge in [0.15, 0.2) is 0 Å². The van der Waals surface area contributed by atoms with Gasteiger partial charge in [0, 0.05) is 26.2 Å². The quantitative estimate of drug-likeness (QED) is 0.692. The summed E-state index contributed by atoms with van der Waals surface area (Å²) in [4.78, 5) is 27.0. The van der Waals surface area contributed by atoms with E-state index in [9.17, 15) is 9.59 Å². The van der Waals surface area contributed by atoms with E-state index in [-0.39, 0.29) is 31.2 Å². The van der Waals surface area contributed by atoms with Gasteiger partial charge in [-0.05, 0) is 5.56 Å². The number of morpholine rings is 1. The number of nitrogens with zero attached hydrogens (tertiary/aromatic N) is 2. The van der Waals surface area contributed by atoms with E-state index in [0.717, 1.165) is 19.6 Å². The fourth-order valence-electron chi connectivity index (χ4n) is 2.98. The van der Waals surface area contributed by atoms with Gasteiger partial charge in [-0.3, -0.25) is 9.69 Å². The van der Waals surface area contributed by atoms with Crippen LogP contribution in [-0.2, 0) is 25.5 Å². The molecule has 2 aliphatic heterocycles. The summed E-state index contributed by atoms with van der Waals surface area (Å²) in [5.41, 5.74) is 1.26. The molecule has 0 radical (unpaired) electrons. The second-order valence-electron chi connectivity index (χ2n) is 6.25. The van der Waals surface area contributed by atoms with Crippen LogP contribution < -0.4 is 0 Å². The maximum Gasteiger partial charge on any atom is 0.409 e. The number of cyclic esters (lactones) is 1. The highest BCUT2D eigenvalue weighted by molar-refractivity contribution is 5.72. The van der Waals surface area contributed by atoms with E-state index in [0.29, 0.717) is 26.3 Å². The third-order valence-electron chi connectivity index (χ3n) is 4.33. The van der Waals surface area contributed by atoms with Gasteiger partial charge < -0.3 is 19.1 Å². The van der Waals surface area contributed by atoms with Gasteiger partial charge in [0.2, 0.25) is 0 Å². The molecule has 136 valence electrons. The number of carbonyl (C=O) groups excluding carboxylic acids is 2. The highest BCUT2D eigenvalue weighted by Crippen LogP contribution is 2.11. The molecule has 2 saturated heterocycles. The third-order valence-corrected chi connectivity index (χ3v) is 4.33. The summed E-state index contributed by atoms with van der Waals surface area (Å²) in [5, 5.41) is 0. The molecule has 25 heavy (non-hydrogen) atoms. The summed E-state index contributed by atoms with van der Waals surface area (Å²) in [6.07, 6.45) is -0.298. The summed E-state index contributed by atoms with van der Waals surface area (Å²) >= 11 is 0. The first-order chi connectivity index (χ1) is 12.2. The number of esters is 1. The Kier molecular flexibility index (Phi) is 6.25. The SMILES string of the molecule is O=C(CCN1CCOC1=O)OC[C@@H]1CN(Cc2ccccc2)CCO1. The molecule has 0 unspecified atom stereocenters. The van der Waals surface area contributed by atoms with Crippen LogP contribution in [0.25, 0.3) is 0 Å². The lowest BCUT2D eigenvalue weighted by molar-refractivity contribution is -0.150. The molecule has 1 atom stereocenters. The van der Waals surface area contributed by atoms with Crippen LogP contribution in [0.5, 0.6) is 0 Å². The zero-order valence-electron chi connectivity index (χ0n) is 14.3. The highest BCUT2D eigenvalue weighted by Gasteiger charge is 2.24. The molecule has 1 aromatic rings. The van der Waals surface area contributed by atoms with Crippen molar-refractivity contribution in [1.29, 1.82) is 0 Å². The van der Waals surface area contributed by atoms with Crippen molar-refractivity contribution in [2.24, 2.45) is 0 Å². The molecule has 0 bridgehead atoms. The summed E-state index contributed by atoms with van der Waals surface area (Å²) in [6.45, 7) is 4.61.